The minimum Gasteiger partial charge on any atom is -0.456 e. The van der Waals surface area contributed by atoms with Gasteiger partial charge in [0.15, 0.2) is 0 Å². The summed E-state index contributed by atoms with van der Waals surface area (Å²) < 4.78 is 28.5. The van der Waals surface area contributed by atoms with Crippen LogP contribution in [0.4, 0.5) is 0 Å². The zero-order valence-electron chi connectivity index (χ0n) is 11.0. The van der Waals surface area contributed by atoms with Gasteiger partial charge in [0, 0.05) is 15.6 Å². The van der Waals surface area contributed by atoms with Crippen LogP contribution < -0.4 is 4.74 Å². The maximum Gasteiger partial charge on any atom is 0.261 e. The smallest absolute Gasteiger partial charge is 0.261 e. The number of halogens is 1. The molecule has 0 atom stereocenters. The molecule has 0 radical (unpaired) electrons. The molecule has 0 aliphatic heterocycles. The summed E-state index contributed by atoms with van der Waals surface area (Å²) in [6, 6.07) is 12.4. The standard InChI is InChI=1S/C14H13ClO3S2/c1-10-9-11(7-8-14(10)20(15,16)17)18-12-5-3-4-6-13(12)19-2/h3-9H,1-2H3. The molecule has 0 fully saturated rings. The van der Waals surface area contributed by atoms with E-state index in [1.54, 1.807) is 30.8 Å². The summed E-state index contributed by atoms with van der Waals surface area (Å²) in [5, 5.41) is 0. The van der Waals surface area contributed by atoms with Crippen LogP contribution in [0.5, 0.6) is 11.5 Å². The highest BCUT2D eigenvalue weighted by Crippen LogP contribution is 2.32. The zero-order valence-corrected chi connectivity index (χ0v) is 13.3. The number of ether oxygens (including phenoxy) is 1. The van der Waals surface area contributed by atoms with E-state index in [2.05, 4.69) is 0 Å². The fourth-order valence-corrected chi connectivity index (χ4v) is 3.51. The van der Waals surface area contributed by atoms with Gasteiger partial charge in [-0.05, 0) is 49.1 Å². The zero-order chi connectivity index (χ0) is 14.8. The molecule has 2 aromatic carbocycles. The number of para-hydroxylation sites is 1. The van der Waals surface area contributed by atoms with Crippen LogP contribution in [0.15, 0.2) is 52.3 Å². The van der Waals surface area contributed by atoms with E-state index in [1.165, 1.54) is 6.07 Å². The molecular weight excluding hydrogens is 316 g/mol. The molecule has 6 heteroatoms. The summed E-state index contributed by atoms with van der Waals surface area (Å²) in [5.41, 5.74) is 0.555. The third-order valence-electron chi connectivity index (χ3n) is 2.71. The minimum atomic E-state index is -3.72. The summed E-state index contributed by atoms with van der Waals surface area (Å²) in [4.78, 5) is 1.11. The molecule has 106 valence electrons. The van der Waals surface area contributed by atoms with Gasteiger partial charge in [-0.25, -0.2) is 8.42 Å². The molecule has 3 nitrogen and oxygen atoms in total. The summed E-state index contributed by atoms with van der Waals surface area (Å²) >= 11 is 1.58. The largest absolute Gasteiger partial charge is 0.456 e. The van der Waals surface area contributed by atoms with Gasteiger partial charge in [0.1, 0.15) is 11.5 Å². The second kappa shape index (κ2) is 6.08. The molecule has 0 N–H and O–H groups in total. The lowest BCUT2D eigenvalue weighted by molar-refractivity contribution is 0.470. The minimum absolute atomic E-state index is 0.102. The number of hydrogen-bond donors (Lipinski definition) is 0. The van der Waals surface area contributed by atoms with E-state index in [4.69, 9.17) is 15.4 Å². The second-order valence-electron chi connectivity index (χ2n) is 4.12. The van der Waals surface area contributed by atoms with Crippen LogP contribution in [0.2, 0.25) is 0 Å². The van der Waals surface area contributed by atoms with Gasteiger partial charge < -0.3 is 4.74 Å². The van der Waals surface area contributed by atoms with Crippen LogP contribution in [0.1, 0.15) is 5.56 Å². The number of hydrogen-bond acceptors (Lipinski definition) is 4. The first-order chi connectivity index (χ1) is 9.41. The van der Waals surface area contributed by atoms with E-state index in [1.807, 2.05) is 30.5 Å². The van der Waals surface area contributed by atoms with Gasteiger partial charge in [-0.2, -0.15) is 0 Å². The van der Waals surface area contributed by atoms with Crippen molar-refractivity contribution in [3.05, 3.63) is 48.0 Å². The summed E-state index contributed by atoms with van der Waals surface area (Å²) in [7, 11) is 1.63. The van der Waals surface area contributed by atoms with E-state index >= 15 is 0 Å². The maximum atomic E-state index is 11.3. The topological polar surface area (TPSA) is 43.4 Å². The first kappa shape index (κ1) is 15.2. The average Bonchev–Trinajstić information content (AvgIpc) is 2.38. The number of rotatable bonds is 4. The van der Waals surface area contributed by atoms with Crippen LogP contribution in [0, 0.1) is 6.92 Å². The van der Waals surface area contributed by atoms with Gasteiger partial charge in [-0.3, -0.25) is 0 Å². The fourth-order valence-electron chi connectivity index (χ4n) is 1.79. The van der Waals surface area contributed by atoms with Gasteiger partial charge in [0.25, 0.3) is 9.05 Å². The highest BCUT2D eigenvalue weighted by atomic mass is 35.7. The lowest BCUT2D eigenvalue weighted by Gasteiger charge is -2.11. The lowest BCUT2D eigenvalue weighted by Crippen LogP contribution is -1.95. The normalized spacial score (nSPS) is 11.3. The Morgan fingerprint density at radius 1 is 1.15 bits per heavy atom. The Morgan fingerprint density at radius 2 is 1.85 bits per heavy atom. The Balaban J connectivity index is 2.34. The van der Waals surface area contributed by atoms with Crippen molar-refractivity contribution in [1.82, 2.24) is 0 Å². The van der Waals surface area contributed by atoms with Crippen LogP contribution in [-0.2, 0) is 9.05 Å². The monoisotopic (exact) mass is 328 g/mol. The van der Waals surface area contributed by atoms with Crippen molar-refractivity contribution >= 4 is 31.5 Å². The van der Waals surface area contributed by atoms with Crippen molar-refractivity contribution in [2.75, 3.05) is 6.26 Å². The van der Waals surface area contributed by atoms with Crippen LogP contribution in [0.3, 0.4) is 0 Å². The predicted molar refractivity (Wildman–Crippen MR) is 82.5 cm³/mol. The first-order valence-corrected chi connectivity index (χ1v) is 9.31. The summed E-state index contributed by atoms with van der Waals surface area (Å²) in [6.07, 6.45) is 1.97. The van der Waals surface area contributed by atoms with Crippen molar-refractivity contribution in [3.8, 4) is 11.5 Å². The molecule has 0 aromatic heterocycles. The van der Waals surface area contributed by atoms with E-state index in [0.29, 0.717) is 11.3 Å². The van der Waals surface area contributed by atoms with Gasteiger partial charge in [0.05, 0.1) is 4.90 Å². The molecule has 0 saturated carbocycles. The SMILES string of the molecule is CSc1ccccc1Oc1ccc(S(=O)(=O)Cl)c(C)c1. The summed E-state index contributed by atoms with van der Waals surface area (Å²) in [5.74, 6) is 1.31. The predicted octanol–water partition coefficient (Wildman–Crippen LogP) is 4.44. The Kier molecular flexibility index (Phi) is 4.62. The van der Waals surface area contributed by atoms with Crippen LogP contribution in [0.25, 0.3) is 0 Å². The highest BCUT2D eigenvalue weighted by molar-refractivity contribution is 8.13. The van der Waals surface area contributed by atoms with Gasteiger partial charge in [0.2, 0.25) is 0 Å². The number of benzene rings is 2. The Bertz CT molecular complexity index is 727. The van der Waals surface area contributed by atoms with Crippen molar-refractivity contribution in [1.29, 1.82) is 0 Å². The molecule has 0 unspecified atom stereocenters. The van der Waals surface area contributed by atoms with E-state index in [0.717, 1.165) is 10.6 Å². The van der Waals surface area contributed by atoms with Crippen molar-refractivity contribution < 1.29 is 13.2 Å². The molecule has 0 aliphatic carbocycles. The quantitative estimate of drug-likeness (QED) is 0.615. The Labute approximate surface area is 127 Å². The van der Waals surface area contributed by atoms with Gasteiger partial charge >= 0.3 is 0 Å². The molecule has 0 saturated heterocycles. The third-order valence-corrected chi connectivity index (χ3v) is 4.97. The van der Waals surface area contributed by atoms with E-state index in [9.17, 15) is 8.42 Å². The van der Waals surface area contributed by atoms with E-state index in [-0.39, 0.29) is 4.90 Å². The van der Waals surface area contributed by atoms with Crippen molar-refractivity contribution in [2.24, 2.45) is 0 Å². The van der Waals surface area contributed by atoms with Crippen molar-refractivity contribution in [3.63, 3.8) is 0 Å². The number of thioether (sulfide) groups is 1. The molecule has 2 rings (SSSR count). The second-order valence-corrected chi connectivity index (χ2v) is 7.50. The Hall–Kier alpha value is -1.17. The average molecular weight is 329 g/mol. The fraction of sp³-hybridized carbons (Fsp3) is 0.143. The van der Waals surface area contributed by atoms with Crippen LogP contribution >= 0.6 is 22.4 Å². The molecule has 0 amide bonds. The number of aryl methyl sites for hydroxylation is 1. The van der Waals surface area contributed by atoms with Crippen molar-refractivity contribution in [2.45, 2.75) is 16.7 Å². The molecule has 20 heavy (non-hydrogen) atoms. The molecule has 0 heterocycles. The highest BCUT2D eigenvalue weighted by Gasteiger charge is 2.14. The van der Waals surface area contributed by atoms with Gasteiger partial charge in [-0.15, -0.1) is 11.8 Å². The lowest BCUT2D eigenvalue weighted by atomic mass is 10.2. The molecule has 0 aliphatic rings. The maximum absolute atomic E-state index is 11.3. The third kappa shape index (κ3) is 3.48. The van der Waals surface area contributed by atoms with E-state index < -0.39 is 9.05 Å². The molecule has 0 spiro atoms. The first-order valence-electron chi connectivity index (χ1n) is 5.78. The Morgan fingerprint density at radius 3 is 2.45 bits per heavy atom. The summed E-state index contributed by atoms with van der Waals surface area (Å²) in [6.45, 7) is 1.68. The molecular formula is C14H13ClO3S2. The molecule has 2 aromatic rings. The van der Waals surface area contributed by atoms with Crippen LogP contribution in [-0.4, -0.2) is 14.7 Å². The molecule has 0 bridgehead atoms. The van der Waals surface area contributed by atoms with Gasteiger partial charge in [-0.1, -0.05) is 12.1 Å².